The van der Waals surface area contributed by atoms with Crippen LogP contribution in [0.2, 0.25) is 0 Å². The predicted molar refractivity (Wildman–Crippen MR) is 62.8 cm³/mol. The van der Waals surface area contributed by atoms with Crippen molar-refractivity contribution in [3.8, 4) is 0 Å². The molecule has 2 N–H and O–H groups in total. The first-order valence-corrected chi connectivity index (χ1v) is 5.40. The van der Waals surface area contributed by atoms with Gasteiger partial charge < -0.3 is 19.9 Å². The van der Waals surface area contributed by atoms with Gasteiger partial charge in [0, 0.05) is 13.1 Å². The number of rotatable bonds is 7. The lowest BCUT2D eigenvalue weighted by molar-refractivity contribution is 0.0793. The van der Waals surface area contributed by atoms with Gasteiger partial charge >= 0.3 is 0 Å². The molecule has 0 aromatic rings. The normalized spacial score (nSPS) is 17.2. The Bertz CT molecular complexity index is 280. The Morgan fingerprint density at radius 3 is 2.75 bits per heavy atom. The monoisotopic (exact) mass is 225 g/mol. The van der Waals surface area contributed by atoms with Crippen molar-refractivity contribution in [2.75, 3.05) is 26.3 Å². The highest BCUT2D eigenvalue weighted by Gasteiger charge is 2.17. The minimum atomic E-state index is 0.0103. The fourth-order valence-corrected chi connectivity index (χ4v) is 1.17. The Balaban J connectivity index is 2.28. The summed E-state index contributed by atoms with van der Waals surface area (Å²) in [5, 5.41) is 11.7. The first-order valence-electron chi connectivity index (χ1n) is 5.40. The van der Waals surface area contributed by atoms with Gasteiger partial charge in [0.2, 0.25) is 0 Å². The standard InChI is InChI=1S/C12H19NO3/c1-3-11(15-7-6-14)5-4-10(2)16-12-8-13-9-12/h3-5,12-14H,2,6-9H2,1H3/b5-4-,11-3+. The van der Waals surface area contributed by atoms with Gasteiger partial charge in [-0.2, -0.15) is 0 Å². The van der Waals surface area contributed by atoms with E-state index in [1.54, 1.807) is 12.2 Å². The van der Waals surface area contributed by atoms with Crippen LogP contribution in [-0.2, 0) is 9.47 Å². The van der Waals surface area contributed by atoms with E-state index >= 15 is 0 Å². The van der Waals surface area contributed by atoms with Crippen molar-refractivity contribution in [3.05, 3.63) is 36.3 Å². The summed E-state index contributed by atoms with van der Waals surface area (Å²) in [6.07, 6.45) is 5.61. The van der Waals surface area contributed by atoms with Crippen LogP contribution in [0.5, 0.6) is 0 Å². The predicted octanol–water partition coefficient (Wildman–Crippen LogP) is 0.957. The second kappa shape index (κ2) is 7.09. The Morgan fingerprint density at radius 1 is 1.50 bits per heavy atom. The van der Waals surface area contributed by atoms with E-state index in [0.29, 0.717) is 18.1 Å². The fourth-order valence-electron chi connectivity index (χ4n) is 1.17. The van der Waals surface area contributed by atoms with Crippen LogP contribution < -0.4 is 5.32 Å². The third kappa shape index (κ3) is 4.51. The maximum absolute atomic E-state index is 8.62. The SMILES string of the molecule is C=C(/C=C\C(=C/C)OCCO)OC1CNC1. The summed E-state index contributed by atoms with van der Waals surface area (Å²) in [4.78, 5) is 0. The lowest BCUT2D eigenvalue weighted by Gasteiger charge is -2.27. The number of ether oxygens (including phenoxy) is 2. The van der Waals surface area contributed by atoms with Crippen LogP contribution in [0.15, 0.2) is 36.3 Å². The molecule has 1 aliphatic rings. The number of nitrogens with one attached hydrogen (secondary N) is 1. The fraction of sp³-hybridized carbons (Fsp3) is 0.500. The van der Waals surface area contributed by atoms with E-state index in [1.807, 2.05) is 13.0 Å². The quantitative estimate of drug-likeness (QED) is 0.500. The molecule has 4 nitrogen and oxygen atoms in total. The molecule has 0 atom stereocenters. The van der Waals surface area contributed by atoms with Crippen molar-refractivity contribution in [1.29, 1.82) is 0 Å². The van der Waals surface area contributed by atoms with Crippen LogP contribution in [0, 0.1) is 0 Å². The van der Waals surface area contributed by atoms with Crippen molar-refractivity contribution in [3.63, 3.8) is 0 Å². The van der Waals surface area contributed by atoms with Gasteiger partial charge in [-0.3, -0.25) is 0 Å². The Hall–Kier alpha value is -1.26. The molecule has 0 amide bonds. The van der Waals surface area contributed by atoms with Gasteiger partial charge in [-0.05, 0) is 25.2 Å². The highest BCUT2D eigenvalue weighted by atomic mass is 16.5. The molecule has 0 unspecified atom stereocenters. The van der Waals surface area contributed by atoms with Gasteiger partial charge in [-0.25, -0.2) is 0 Å². The van der Waals surface area contributed by atoms with Crippen LogP contribution in [0.25, 0.3) is 0 Å². The summed E-state index contributed by atoms with van der Waals surface area (Å²) < 4.78 is 10.8. The van der Waals surface area contributed by atoms with Crippen molar-refractivity contribution in [2.45, 2.75) is 13.0 Å². The topological polar surface area (TPSA) is 50.7 Å². The first-order chi connectivity index (χ1) is 7.76. The average molecular weight is 225 g/mol. The number of aliphatic hydroxyl groups excluding tert-OH is 1. The highest BCUT2D eigenvalue weighted by molar-refractivity contribution is 5.19. The van der Waals surface area contributed by atoms with Gasteiger partial charge in [0.25, 0.3) is 0 Å². The van der Waals surface area contributed by atoms with E-state index < -0.39 is 0 Å². The molecular formula is C12H19NO3. The summed E-state index contributed by atoms with van der Waals surface area (Å²) in [7, 11) is 0. The average Bonchev–Trinajstić information content (AvgIpc) is 2.24. The molecule has 0 radical (unpaired) electrons. The molecule has 1 heterocycles. The highest BCUT2D eigenvalue weighted by Crippen LogP contribution is 2.08. The van der Waals surface area contributed by atoms with Gasteiger partial charge in [-0.1, -0.05) is 6.58 Å². The molecule has 1 fully saturated rings. The largest absolute Gasteiger partial charge is 0.492 e. The zero-order valence-corrected chi connectivity index (χ0v) is 9.61. The molecule has 0 aromatic carbocycles. The van der Waals surface area contributed by atoms with Crippen molar-refractivity contribution >= 4 is 0 Å². The van der Waals surface area contributed by atoms with Gasteiger partial charge in [0.05, 0.1) is 6.61 Å². The number of hydrogen-bond donors (Lipinski definition) is 2. The summed E-state index contributed by atoms with van der Waals surface area (Å²) >= 11 is 0. The summed E-state index contributed by atoms with van der Waals surface area (Å²) in [5.74, 6) is 1.32. The second-order valence-corrected chi connectivity index (χ2v) is 3.46. The van der Waals surface area contributed by atoms with Crippen LogP contribution in [0.1, 0.15) is 6.92 Å². The zero-order chi connectivity index (χ0) is 11.8. The van der Waals surface area contributed by atoms with Crippen molar-refractivity contribution < 1.29 is 14.6 Å². The minimum absolute atomic E-state index is 0.0103. The summed E-state index contributed by atoms with van der Waals surface area (Å²) in [6.45, 7) is 7.73. The van der Waals surface area contributed by atoms with Crippen LogP contribution in [-0.4, -0.2) is 37.5 Å². The molecule has 0 bridgehead atoms. The molecule has 1 aliphatic heterocycles. The van der Waals surface area contributed by atoms with Gasteiger partial charge in [-0.15, -0.1) is 0 Å². The third-order valence-electron chi connectivity index (χ3n) is 2.14. The number of aliphatic hydroxyl groups is 1. The molecule has 90 valence electrons. The molecule has 0 spiro atoms. The van der Waals surface area contributed by atoms with E-state index in [9.17, 15) is 0 Å². The molecule has 16 heavy (non-hydrogen) atoms. The lowest BCUT2D eigenvalue weighted by atomic mass is 10.2. The molecule has 0 aliphatic carbocycles. The van der Waals surface area contributed by atoms with Gasteiger partial charge in [0.1, 0.15) is 24.2 Å². The molecule has 0 aromatic heterocycles. The van der Waals surface area contributed by atoms with E-state index in [-0.39, 0.29) is 12.7 Å². The van der Waals surface area contributed by atoms with E-state index in [0.717, 1.165) is 13.1 Å². The minimum Gasteiger partial charge on any atom is -0.492 e. The van der Waals surface area contributed by atoms with Crippen LogP contribution in [0.4, 0.5) is 0 Å². The smallest absolute Gasteiger partial charge is 0.123 e. The molecule has 4 heteroatoms. The van der Waals surface area contributed by atoms with Gasteiger partial charge in [0.15, 0.2) is 0 Å². The summed E-state index contributed by atoms with van der Waals surface area (Å²) in [6, 6.07) is 0. The van der Waals surface area contributed by atoms with Crippen molar-refractivity contribution in [2.24, 2.45) is 0 Å². The first kappa shape index (κ1) is 12.8. The van der Waals surface area contributed by atoms with E-state index in [2.05, 4.69) is 11.9 Å². The van der Waals surface area contributed by atoms with E-state index in [1.165, 1.54) is 0 Å². The Morgan fingerprint density at radius 2 is 2.25 bits per heavy atom. The second-order valence-electron chi connectivity index (χ2n) is 3.46. The molecule has 1 saturated heterocycles. The maximum atomic E-state index is 8.62. The van der Waals surface area contributed by atoms with Crippen LogP contribution >= 0.6 is 0 Å². The third-order valence-corrected chi connectivity index (χ3v) is 2.14. The van der Waals surface area contributed by atoms with Crippen LogP contribution in [0.3, 0.4) is 0 Å². The number of hydrogen-bond acceptors (Lipinski definition) is 4. The lowest BCUT2D eigenvalue weighted by Crippen LogP contribution is -2.48. The Labute approximate surface area is 96.3 Å². The Kier molecular flexibility index (Phi) is 5.67. The molecule has 0 saturated carbocycles. The summed E-state index contributed by atoms with van der Waals surface area (Å²) in [5.41, 5.74) is 0. The van der Waals surface area contributed by atoms with E-state index in [4.69, 9.17) is 14.6 Å². The molecule has 1 rings (SSSR count). The zero-order valence-electron chi connectivity index (χ0n) is 9.61. The maximum Gasteiger partial charge on any atom is 0.123 e. The number of allylic oxidation sites excluding steroid dienone is 3. The molecular weight excluding hydrogens is 206 g/mol. The van der Waals surface area contributed by atoms with Crippen molar-refractivity contribution in [1.82, 2.24) is 5.32 Å².